The first kappa shape index (κ1) is 23.1. The van der Waals surface area contributed by atoms with Gasteiger partial charge in [0.2, 0.25) is 0 Å². The lowest BCUT2D eigenvalue weighted by Crippen LogP contribution is -2.47. The maximum absolute atomic E-state index is 6.17. The van der Waals surface area contributed by atoms with E-state index in [0.717, 1.165) is 81.6 Å². The maximum Gasteiger partial charge on any atom is 0.142 e. The van der Waals surface area contributed by atoms with Gasteiger partial charge in [-0.25, -0.2) is 9.97 Å². The summed E-state index contributed by atoms with van der Waals surface area (Å²) in [4.78, 5) is 16.9. The standard InChI is InChI=1S/C30H33N7O/c1-2-5-25(6-3-1)38-26-12-14-33(23-26)17-18-36-15-11-24-9-10-28(32-30(24)36)34-19-21-35(22-20-34)29-8-4-7-27-31-13-16-37(27)29/h1-11,13,15-16,26H,12,14,17-23H2. The molecule has 8 nitrogen and oxygen atoms in total. The Kier molecular flexibility index (Phi) is 6.09. The van der Waals surface area contributed by atoms with Crippen LogP contribution in [0, 0.1) is 0 Å². The van der Waals surface area contributed by atoms with Gasteiger partial charge in [0.05, 0.1) is 0 Å². The molecule has 38 heavy (non-hydrogen) atoms. The van der Waals surface area contributed by atoms with Crippen LogP contribution in [0.3, 0.4) is 0 Å². The molecule has 0 aliphatic carbocycles. The zero-order valence-electron chi connectivity index (χ0n) is 21.6. The SMILES string of the molecule is c1ccc(OC2CCN(CCn3ccc4ccc(N5CCN(c6cccc7nccn67)CC5)nc43)C2)cc1. The van der Waals surface area contributed by atoms with Gasteiger partial charge in [-0.1, -0.05) is 24.3 Å². The largest absolute Gasteiger partial charge is 0.489 e. The molecule has 0 N–H and O–H groups in total. The number of hydrogen-bond acceptors (Lipinski definition) is 6. The van der Waals surface area contributed by atoms with Crippen LogP contribution >= 0.6 is 0 Å². The van der Waals surface area contributed by atoms with Gasteiger partial charge < -0.3 is 19.1 Å². The minimum atomic E-state index is 0.267. The predicted octanol–water partition coefficient (Wildman–Crippen LogP) is 4.16. The van der Waals surface area contributed by atoms with E-state index >= 15 is 0 Å². The number of ether oxygens (including phenoxy) is 1. The van der Waals surface area contributed by atoms with Gasteiger partial charge in [0.1, 0.15) is 34.8 Å². The molecule has 2 fully saturated rings. The highest BCUT2D eigenvalue weighted by molar-refractivity contribution is 5.78. The first-order chi connectivity index (χ1) is 18.8. The molecule has 4 aromatic heterocycles. The van der Waals surface area contributed by atoms with E-state index in [9.17, 15) is 0 Å². The maximum atomic E-state index is 6.17. The van der Waals surface area contributed by atoms with Crippen LogP contribution in [-0.4, -0.2) is 75.8 Å². The molecule has 1 unspecified atom stereocenters. The van der Waals surface area contributed by atoms with E-state index in [1.165, 1.54) is 11.2 Å². The Bertz CT molecular complexity index is 1520. The quantitative estimate of drug-likeness (QED) is 0.330. The second-order valence-corrected chi connectivity index (χ2v) is 10.2. The van der Waals surface area contributed by atoms with Crippen molar-refractivity contribution in [3.63, 3.8) is 0 Å². The van der Waals surface area contributed by atoms with Crippen molar-refractivity contribution in [3.05, 3.63) is 85.3 Å². The van der Waals surface area contributed by atoms with E-state index in [1.807, 2.05) is 42.7 Å². The number of anilines is 2. The van der Waals surface area contributed by atoms with E-state index in [4.69, 9.17) is 9.72 Å². The number of hydrogen-bond donors (Lipinski definition) is 0. The lowest BCUT2D eigenvalue weighted by Gasteiger charge is -2.36. The van der Waals surface area contributed by atoms with Crippen molar-refractivity contribution in [2.75, 3.05) is 55.6 Å². The molecule has 1 atom stereocenters. The molecule has 0 saturated carbocycles. The molecule has 5 aromatic rings. The van der Waals surface area contributed by atoms with Gasteiger partial charge in [-0.15, -0.1) is 0 Å². The fourth-order valence-electron chi connectivity index (χ4n) is 5.80. The van der Waals surface area contributed by atoms with Crippen LogP contribution in [0.1, 0.15) is 6.42 Å². The van der Waals surface area contributed by atoms with Gasteiger partial charge in [-0.2, -0.15) is 0 Å². The summed E-state index contributed by atoms with van der Waals surface area (Å²) >= 11 is 0. The lowest BCUT2D eigenvalue weighted by atomic mass is 10.2. The molecule has 0 spiro atoms. The van der Waals surface area contributed by atoms with Crippen molar-refractivity contribution in [3.8, 4) is 5.75 Å². The second-order valence-electron chi connectivity index (χ2n) is 10.2. The van der Waals surface area contributed by atoms with Crippen molar-refractivity contribution in [2.24, 2.45) is 0 Å². The molecule has 194 valence electrons. The summed E-state index contributed by atoms with van der Waals surface area (Å²) in [7, 11) is 0. The molecule has 0 amide bonds. The third kappa shape index (κ3) is 4.56. The van der Waals surface area contributed by atoms with Gasteiger partial charge in [-0.05, 0) is 48.9 Å². The summed E-state index contributed by atoms with van der Waals surface area (Å²) in [6.45, 7) is 7.79. The number of para-hydroxylation sites is 1. The average molecular weight is 508 g/mol. The Morgan fingerprint density at radius 1 is 0.789 bits per heavy atom. The van der Waals surface area contributed by atoms with E-state index in [1.54, 1.807) is 0 Å². The third-order valence-electron chi connectivity index (χ3n) is 7.86. The van der Waals surface area contributed by atoms with Crippen LogP contribution in [0.5, 0.6) is 5.75 Å². The van der Waals surface area contributed by atoms with Gasteiger partial charge in [-0.3, -0.25) is 9.30 Å². The molecule has 2 aliphatic heterocycles. The van der Waals surface area contributed by atoms with Crippen LogP contribution in [0.15, 0.2) is 85.3 Å². The zero-order chi connectivity index (χ0) is 25.3. The van der Waals surface area contributed by atoms with Gasteiger partial charge in [0.15, 0.2) is 0 Å². The number of rotatable bonds is 7. The topological polar surface area (TPSA) is 54.1 Å². The number of benzene rings is 1. The minimum Gasteiger partial charge on any atom is -0.489 e. The van der Waals surface area contributed by atoms with Crippen molar-refractivity contribution in [1.82, 2.24) is 23.8 Å². The Morgan fingerprint density at radius 3 is 2.55 bits per heavy atom. The molecule has 8 heteroatoms. The smallest absolute Gasteiger partial charge is 0.142 e. The molecular weight excluding hydrogens is 474 g/mol. The Labute approximate surface area is 222 Å². The van der Waals surface area contributed by atoms with Crippen LogP contribution in [0.2, 0.25) is 0 Å². The fourth-order valence-corrected chi connectivity index (χ4v) is 5.80. The summed E-state index contributed by atoms with van der Waals surface area (Å²) in [5, 5.41) is 1.20. The number of piperazine rings is 1. The Morgan fingerprint density at radius 2 is 1.66 bits per heavy atom. The molecule has 1 aromatic carbocycles. The number of fused-ring (bicyclic) bond motifs is 2. The zero-order valence-corrected chi connectivity index (χ0v) is 21.6. The van der Waals surface area contributed by atoms with E-state index in [-0.39, 0.29) is 6.10 Å². The van der Waals surface area contributed by atoms with Crippen LogP contribution in [0.4, 0.5) is 11.6 Å². The minimum absolute atomic E-state index is 0.267. The van der Waals surface area contributed by atoms with Crippen molar-refractivity contribution >= 4 is 28.3 Å². The van der Waals surface area contributed by atoms with E-state index < -0.39 is 0 Å². The highest BCUT2D eigenvalue weighted by Gasteiger charge is 2.24. The molecule has 2 aliphatic rings. The highest BCUT2D eigenvalue weighted by Crippen LogP contribution is 2.24. The average Bonchev–Trinajstić information content (AvgIpc) is 3.72. The molecule has 6 heterocycles. The van der Waals surface area contributed by atoms with E-state index in [0.29, 0.717) is 0 Å². The fraction of sp³-hybridized carbons (Fsp3) is 0.333. The van der Waals surface area contributed by atoms with Gasteiger partial charge in [0, 0.05) is 76.3 Å². The molecular formula is C30H33N7O. The van der Waals surface area contributed by atoms with Crippen molar-refractivity contribution in [1.29, 1.82) is 0 Å². The van der Waals surface area contributed by atoms with Gasteiger partial charge in [0.25, 0.3) is 0 Å². The van der Waals surface area contributed by atoms with E-state index in [2.05, 4.69) is 71.2 Å². The first-order valence-electron chi connectivity index (χ1n) is 13.6. The number of nitrogens with zero attached hydrogens (tertiary/aromatic N) is 7. The summed E-state index contributed by atoms with van der Waals surface area (Å²) in [6, 6.07) is 23.1. The third-order valence-corrected chi connectivity index (χ3v) is 7.86. The molecule has 0 bridgehead atoms. The summed E-state index contributed by atoms with van der Waals surface area (Å²) < 4.78 is 10.6. The second kappa shape index (κ2) is 10.0. The number of pyridine rings is 2. The molecule has 7 rings (SSSR count). The summed E-state index contributed by atoms with van der Waals surface area (Å²) in [5.74, 6) is 3.23. The summed E-state index contributed by atoms with van der Waals surface area (Å²) in [5.41, 5.74) is 2.07. The Hall–Kier alpha value is -4.04. The highest BCUT2D eigenvalue weighted by atomic mass is 16.5. The first-order valence-corrected chi connectivity index (χ1v) is 13.6. The number of aromatic nitrogens is 4. The van der Waals surface area contributed by atoms with Crippen LogP contribution in [0.25, 0.3) is 16.7 Å². The van der Waals surface area contributed by atoms with Gasteiger partial charge >= 0.3 is 0 Å². The molecule has 2 saturated heterocycles. The normalized spacial score (nSPS) is 18.6. The summed E-state index contributed by atoms with van der Waals surface area (Å²) in [6.07, 6.45) is 7.43. The number of imidazole rings is 1. The molecule has 0 radical (unpaired) electrons. The number of likely N-dealkylation sites (tertiary alicyclic amines) is 1. The van der Waals surface area contributed by atoms with Crippen molar-refractivity contribution in [2.45, 2.75) is 19.1 Å². The lowest BCUT2D eigenvalue weighted by molar-refractivity contribution is 0.199. The van der Waals surface area contributed by atoms with Crippen molar-refractivity contribution < 1.29 is 4.74 Å². The monoisotopic (exact) mass is 507 g/mol. The van der Waals surface area contributed by atoms with Crippen LogP contribution < -0.4 is 14.5 Å². The van der Waals surface area contributed by atoms with Crippen LogP contribution in [-0.2, 0) is 6.54 Å². The Balaban J connectivity index is 0.983. The predicted molar refractivity (Wildman–Crippen MR) is 151 cm³/mol.